The second kappa shape index (κ2) is 5.98. The van der Waals surface area contributed by atoms with Crippen molar-refractivity contribution >= 4 is 11.8 Å². The Kier molecular flexibility index (Phi) is 4.06. The van der Waals surface area contributed by atoms with Crippen molar-refractivity contribution in [3.05, 3.63) is 35.9 Å². The quantitative estimate of drug-likeness (QED) is 0.865. The predicted octanol–water partition coefficient (Wildman–Crippen LogP) is 2.06. The number of hydrogen-bond donors (Lipinski definition) is 1. The molecule has 2 amide bonds. The average molecular weight is 286 g/mol. The summed E-state index contributed by atoms with van der Waals surface area (Å²) in [6.07, 6.45) is 4.75. The maximum absolute atomic E-state index is 11.9. The van der Waals surface area contributed by atoms with E-state index in [0.29, 0.717) is 18.4 Å². The third kappa shape index (κ3) is 3.00. The lowest BCUT2D eigenvalue weighted by molar-refractivity contribution is -0.137. The highest BCUT2D eigenvalue weighted by atomic mass is 16.2. The Morgan fingerprint density at radius 3 is 2.29 bits per heavy atom. The lowest BCUT2D eigenvalue weighted by atomic mass is 9.81. The molecule has 2 fully saturated rings. The monoisotopic (exact) mass is 286 g/mol. The van der Waals surface area contributed by atoms with Gasteiger partial charge in [0.05, 0.1) is 12.5 Å². The molecular formula is C17H22N2O2. The summed E-state index contributed by atoms with van der Waals surface area (Å²) in [4.78, 5) is 24.7. The van der Waals surface area contributed by atoms with Gasteiger partial charge in [-0.1, -0.05) is 30.3 Å². The summed E-state index contributed by atoms with van der Waals surface area (Å²) in [6, 6.07) is 10.7. The van der Waals surface area contributed by atoms with Crippen LogP contribution >= 0.6 is 0 Å². The fourth-order valence-electron chi connectivity index (χ4n) is 3.49. The molecule has 2 aliphatic rings. The van der Waals surface area contributed by atoms with Crippen LogP contribution < -0.4 is 5.32 Å². The molecule has 1 atom stereocenters. The smallest absolute Gasteiger partial charge is 0.246 e. The molecular weight excluding hydrogens is 264 g/mol. The number of carbonyl (C=O) groups excluding carboxylic acids is 2. The molecule has 4 heteroatoms. The molecule has 112 valence electrons. The summed E-state index contributed by atoms with van der Waals surface area (Å²) in [5.41, 5.74) is 1.42. The number of carbonyl (C=O) groups is 2. The van der Waals surface area contributed by atoms with E-state index < -0.39 is 0 Å². The van der Waals surface area contributed by atoms with E-state index in [1.807, 2.05) is 0 Å². The standard InChI is InChI=1S/C17H22N2O2/c1-19-16(20)11-15(17(19)21)18-14-9-7-13(8-10-14)12-5-3-2-4-6-12/h2-6,13-15,18H,7-11H2,1H3. The molecule has 1 heterocycles. The average Bonchev–Trinajstić information content (AvgIpc) is 2.76. The van der Waals surface area contributed by atoms with Crippen LogP contribution in [0.2, 0.25) is 0 Å². The van der Waals surface area contributed by atoms with Crippen LogP contribution in [0.5, 0.6) is 0 Å². The van der Waals surface area contributed by atoms with Crippen LogP contribution in [-0.2, 0) is 9.59 Å². The van der Waals surface area contributed by atoms with Gasteiger partial charge >= 0.3 is 0 Å². The van der Waals surface area contributed by atoms with Crippen LogP contribution in [0.25, 0.3) is 0 Å². The Labute approximate surface area is 125 Å². The van der Waals surface area contributed by atoms with Crippen molar-refractivity contribution in [2.45, 2.75) is 50.1 Å². The highest BCUT2D eigenvalue weighted by Crippen LogP contribution is 2.33. The van der Waals surface area contributed by atoms with E-state index in [9.17, 15) is 9.59 Å². The first kappa shape index (κ1) is 14.3. The Morgan fingerprint density at radius 1 is 1.05 bits per heavy atom. The molecule has 1 aliphatic carbocycles. The molecule has 1 saturated heterocycles. The van der Waals surface area contributed by atoms with Crippen LogP contribution in [-0.4, -0.2) is 35.8 Å². The summed E-state index contributed by atoms with van der Waals surface area (Å²) in [7, 11) is 1.57. The molecule has 0 bridgehead atoms. The van der Waals surface area contributed by atoms with Gasteiger partial charge in [-0.25, -0.2) is 0 Å². The van der Waals surface area contributed by atoms with Crippen LogP contribution in [0.4, 0.5) is 0 Å². The number of nitrogens with one attached hydrogen (secondary N) is 1. The highest BCUT2D eigenvalue weighted by molar-refractivity contribution is 6.05. The molecule has 21 heavy (non-hydrogen) atoms. The van der Waals surface area contributed by atoms with E-state index in [1.165, 1.54) is 10.5 Å². The summed E-state index contributed by atoms with van der Waals surface area (Å²) >= 11 is 0. The lowest BCUT2D eigenvalue weighted by Gasteiger charge is -2.30. The van der Waals surface area contributed by atoms with Gasteiger partial charge in [-0.15, -0.1) is 0 Å². The normalized spacial score (nSPS) is 30.0. The number of rotatable bonds is 3. The SMILES string of the molecule is CN1C(=O)CC(NC2CCC(c3ccccc3)CC2)C1=O. The number of amides is 2. The van der Waals surface area contributed by atoms with Crippen LogP contribution in [0.1, 0.15) is 43.6 Å². The first-order valence-electron chi connectivity index (χ1n) is 7.76. The number of imide groups is 1. The Bertz CT molecular complexity index is 521. The summed E-state index contributed by atoms with van der Waals surface area (Å²) < 4.78 is 0. The first-order valence-corrected chi connectivity index (χ1v) is 7.76. The van der Waals surface area contributed by atoms with Gasteiger partial charge < -0.3 is 5.32 Å². The van der Waals surface area contributed by atoms with E-state index in [1.54, 1.807) is 7.05 Å². The zero-order chi connectivity index (χ0) is 14.8. The second-order valence-corrected chi connectivity index (χ2v) is 6.17. The second-order valence-electron chi connectivity index (χ2n) is 6.17. The van der Waals surface area contributed by atoms with Gasteiger partial charge in [0.1, 0.15) is 0 Å². The number of hydrogen-bond acceptors (Lipinski definition) is 3. The number of nitrogens with zero attached hydrogens (tertiary/aromatic N) is 1. The largest absolute Gasteiger partial charge is 0.303 e. The van der Waals surface area contributed by atoms with Crippen LogP contribution in [0, 0.1) is 0 Å². The fraction of sp³-hybridized carbons (Fsp3) is 0.529. The molecule has 4 nitrogen and oxygen atoms in total. The van der Waals surface area contributed by atoms with Gasteiger partial charge in [-0.05, 0) is 37.2 Å². The zero-order valence-electron chi connectivity index (χ0n) is 12.4. The van der Waals surface area contributed by atoms with Crippen molar-refractivity contribution in [1.82, 2.24) is 10.2 Å². The number of likely N-dealkylation sites (tertiary alicyclic amines) is 1. The molecule has 3 rings (SSSR count). The van der Waals surface area contributed by atoms with Gasteiger partial charge in [0.15, 0.2) is 0 Å². The number of likely N-dealkylation sites (N-methyl/N-ethyl adjacent to an activating group) is 1. The Balaban J connectivity index is 1.53. The van der Waals surface area contributed by atoms with E-state index in [0.717, 1.165) is 25.7 Å². The third-order valence-corrected chi connectivity index (χ3v) is 4.82. The van der Waals surface area contributed by atoms with Crippen molar-refractivity contribution in [1.29, 1.82) is 0 Å². The molecule has 0 radical (unpaired) electrons. The van der Waals surface area contributed by atoms with Crippen molar-refractivity contribution < 1.29 is 9.59 Å². The summed E-state index contributed by atoms with van der Waals surface area (Å²) in [5, 5.41) is 3.39. The molecule has 1 aliphatic heterocycles. The van der Waals surface area contributed by atoms with E-state index in [-0.39, 0.29) is 17.9 Å². The lowest BCUT2D eigenvalue weighted by Crippen LogP contribution is -2.44. The van der Waals surface area contributed by atoms with Crippen molar-refractivity contribution in [3.63, 3.8) is 0 Å². The molecule has 1 saturated carbocycles. The Morgan fingerprint density at radius 2 is 1.71 bits per heavy atom. The van der Waals surface area contributed by atoms with Gasteiger partial charge in [0.2, 0.25) is 11.8 Å². The Hall–Kier alpha value is -1.68. The van der Waals surface area contributed by atoms with Crippen molar-refractivity contribution in [2.75, 3.05) is 7.05 Å². The third-order valence-electron chi connectivity index (χ3n) is 4.82. The molecule has 0 spiro atoms. The molecule has 0 aromatic heterocycles. The van der Waals surface area contributed by atoms with Gasteiger partial charge in [-0.2, -0.15) is 0 Å². The minimum Gasteiger partial charge on any atom is -0.303 e. The predicted molar refractivity (Wildman–Crippen MR) is 80.8 cm³/mol. The number of benzene rings is 1. The maximum Gasteiger partial charge on any atom is 0.246 e. The summed E-state index contributed by atoms with van der Waals surface area (Å²) in [6.45, 7) is 0. The van der Waals surface area contributed by atoms with E-state index in [4.69, 9.17) is 0 Å². The van der Waals surface area contributed by atoms with Gasteiger partial charge in [-0.3, -0.25) is 14.5 Å². The minimum absolute atomic E-state index is 0.0736. The summed E-state index contributed by atoms with van der Waals surface area (Å²) in [5.74, 6) is 0.480. The van der Waals surface area contributed by atoms with Crippen molar-refractivity contribution in [2.24, 2.45) is 0 Å². The highest BCUT2D eigenvalue weighted by Gasteiger charge is 2.37. The van der Waals surface area contributed by atoms with Gasteiger partial charge in [0, 0.05) is 13.1 Å². The van der Waals surface area contributed by atoms with Crippen LogP contribution in [0.3, 0.4) is 0 Å². The topological polar surface area (TPSA) is 49.4 Å². The van der Waals surface area contributed by atoms with Crippen molar-refractivity contribution in [3.8, 4) is 0 Å². The van der Waals surface area contributed by atoms with Gasteiger partial charge in [0.25, 0.3) is 0 Å². The zero-order valence-corrected chi connectivity index (χ0v) is 12.4. The molecule has 1 aromatic carbocycles. The van der Waals surface area contributed by atoms with Crippen LogP contribution in [0.15, 0.2) is 30.3 Å². The molecule has 1 N–H and O–H groups in total. The molecule has 1 unspecified atom stereocenters. The maximum atomic E-state index is 11.9. The molecule has 1 aromatic rings. The first-order chi connectivity index (χ1) is 10.1. The van der Waals surface area contributed by atoms with E-state index in [2.05, 4.69) is 35.6 Å². The minimum atomic E-state index is -0.305. The van der Waals surface area contributed by atoms with E-state index >= 15 is 0 Å². The fourth-order valence-corrected chi connectivity index (χ4v) is 3.49.